The minimum absolute atomic E-state index is 0.264. The van der Waals surface area contributed by atoms with Crippen molar-refractivity contribution >= 4 is 23.2 Å². The van der Waals surface area contributed by atoms with Gasteiger partial charge in [-0.15, -0.1) is 0 Å². The van der Waals surface area contributed by atoms with Gasteiger partial charge in [0, 0.05) is 57.2 Å². The average Bonchev–Trinajstić information content (AvgIpc) is 3.41. The molecule has 1 amide bonds. The molecule has 1 saturated heterocycles. The molecule has 8 nitrogen and oxygen atoms in total. The molecular formula is C25H29N5O3. The summed E-state index contributed by atoms with van der Waals surface area (Å²) in [6, 6.07) is 19.2. The van der Waals surface area contributed by atoms with Gasteiger partial charge in [-0.3, -0.25) is 9.79 Å². The summed E-state index contributed by atoms with van der Waals surface area (Å²) in [5.41, 5.74) is 3.00. The fourth-order valence-corrected chi connectivity index (χ4v) is 3.80. The molecule has 4 rings (SSSR count). The quantitative estimate of drug-likeness (QED) is 0.445. The first-order chi connectivity index (χ1) is 16.2. The summed E-state index contributed by atoms with van der Waals surface area (Å²) >= 11 is 0. The number of ether oxygens (including phenoxy) is 1. The van der Waals surface area contributed by atoms with E-state index in [2.05, 4.69) is 37.6 Å². The van der Waals surface area contributed by atoms with E-state index in [9.17, 15) is 4.79 Å². The number of hydrogen-bond acceptors (Lipinski definition) is 5. The highest BCUT2D eigenvalue weighted by atomic mass is 16.5. The standard InChI is InChI=1S/C25H29N5O3/c1-26-25(30-14-12-29(13-15-30)21-5-3-6-22(17-21)32-2)27-18-19-8-10-20(11-9-19)28-24(31)23-7-4-16-33-23/h3-11,16-17H,12-15,18H2,1-2H3,(H,26,27)(H,28,31). The molecule has 0 unspecified atom stereocenters. The number of aliphatic imine (C=N–C) groups is 1. The molecule has 1 aliphatic rings. The van der Waals surface area contributed by atoms with Crippen LogP contribution >= 0.6 is 0 Å². The van der Waals surface area contributed by atoms with E-state index in [4.69, 9.17) is 9.15 Å². The van der Waals surface area contributed by atoms with Crippen LogP contribution < -0.4 is 20.3 Å². The number of anilines is 2. The number of amides is 1. The first-order valence-electron chi connectivity index (χ1n) is 10.9. The van der Waals surface area contributed by atoms with Crippen LogP contribution in [0.4, 0.5) is 11.4 Å². The third-order valence-corrected chi connectivity index (χ3v) is 5.62. The van der Waals surface area contributed by atoms with Crippen LogP contribution in [-0.4, -0.2) is 57.1 Å². The van der Waals surface area contributed by atoms with E-state index in [-0.39, 0.29) is 11.7 Å². The summed E-state index contributed by atoms with van der Waals surface area (Å²) in [7, 11) is 3.50. The topological polar surface area (TPSA) is 82.3 Å². The van der Waals surface area contributed by atoms with Crippen LogP contribution in [0.2, 0.25) is 0 Å². The monoisotopic (exact) mass is 447 g/mol. The van der Waals surface area contributed by atoms with Gasteiger partial charge < -0.3 is 29.6 Å². The molecule has 2 heterocycles. The van der Waals surface area contributed by atoms with Crippen LogP contribution in [0.5, 0.6) is 5.75 Å². The van der Waals surface area contributed by atoms with Crippen molar-refractivity contribution in [1.82, 2.24) is 10.2 Å². The van der Waals surface area contributed by atoms with Crippen molar-refractivity contribution in [3.8, 4) is 5.75 Å². The average molecular weight is 448 g/mol. The van der Waals surface area contributed by atoms with E-state index in [1.807, 2.05) is 43.4 Å². The SMILES string of the molecule is CN=C(NCc1ccc(NC(=O)c2ccco2)cc1)N1CCN(c2cccc(OC)c2)CC1. The molecule has 172 valence electrons. The van der Waals surface area contributed by atoms with Crippen LogP contribution in [0.1, 0.15) is 16.1 Å². The molecule has 2 aromatic carbocycles. The molecule has 3 aromatic rings. The van der Waals surface area contributed by atoms with Gasteiger partial charge >= 0.3 is 0 Å². The van der Waals surface area contributed by atoms with Gasteiger partial charge in [0.1, 0.15) is 5.75 Å². The zero-order valence-corrected chi connectivity index (χ0v) is 19.0. The fraction of sp³-hybridized carbons (Fsp3) is 0.280. The number of methoxy groups -OCH3 is 1. The maximum Gasteiger partial charge on any atom is 0.291 e. The number of guanidine groups is 1. The zero-order chi connectivity index (χ0) is 23.0. The van der Waals surface area contributed by atoms with Crippen molar-refractivity contribution in [3.63, 3.8) is 0 Å². The van der Waals surface area contributed by atoms with Gasteiger partial charge in [0.05, 0.1) is 13.4 Å². The van der Waals surface area contributed by atoms with Crippen LogP contribution in [-0.2, 0) is 6.54 Å². The van der Waals surface area contributed by atoms with E-state index in [1.165, 1.54) is 12.0 Å². The van der Waals surface area contributed by atoms with Crippen molar-refractivity contribution in [1.29, 1.82) is 0 Å². The smallest absolute Gasteiger partial charge is 0.291 e. The second kappa shape index (κ2) is 10.6. The summed E-state index contributed by atoms with van der Waals surface area (Å²) < 4.78 is 10.5. The van der Waals surface area contributed by atoms with Crippen molar-refractivity contribution in [2.45, 2.75) is 6.54 Å². The van der Waals surface area contributed by atoms with Gasteiger partial charge in [0.15, 0.2) is 11.7 Å². The lowest BCUT2D eigenvalue weighted by molar-refractivity contribution is 0.0996. The Hall–Kier alpha value is -3.94. The van der Waals surface area contributed by atoms with Gasteiger partial charge in [0.2, 0.25) is 0 Å². The second-order valence-corrected chi connectivity index (χ2v) is 7.70. The van der Waals surface area contributed by atoms with Crippen molar-refractivity contribution in [3.05, 3.63) is 78.3 Å². The molecule has 33 heavy (non-hydrogen) atoms. The highest BCUT2D eigenvalue weighted by molar-refractivity contribution is 6.02. The first-order valence-corrected chi connectivity index (χ1v) is 10.9. The predicted molar refractivity (Wildman–Crippen MR) is 130 cm³/mol. The van der Waals surface area contributed by atoms with Crippen molar-refractivity contribution in [2.24, 2.45) is 4.99 Å². The van der Waals surface area contributed by atoms with E-state index < -0.39 is 0 Å². The molecule has 0 saturated carbocycles. The Morgan fingerprint density at radius 2 is 1.85 bits per heavy atom. The van der Waals surface area contributed by atoms with Gasteiger partial charge in [-0.2, -0.15) is 0 Å². The Kier molecular flexibility index (Phi) is 7.14. The van der Waals surface area contributed by atoms with Crippen molar-refractivity contribution < 1.29 is 13.9 Å². The van der Waals surface area contributed by atoms with E-state index in [0.29, 0.717) is 6.54 Å². The Balaban J connectivity index is 1.27. The van der Waals surface area contributed by atoms with Gasteiger partial charge in [0.25, 0.3) is 5.91 Å². The molecule has 0 aliphatic carbocycles. The number of benzene rings is 2. The van der Waals surface area contributed by atoms with E-state index >= 15 is 0 Å². The normalized spacial score (nSPS) is 14.2. The van der Waals surface area contributed by atoms with Crippen LogP contribution in [0, 0.1) is 0 Å². The maximum atomic E-state index is 12.1. The Morgan fingerprint density at radius 3 is 2.52 bits per heavy atom. The van der Waals surface area contributed by atoms with Crippen molar-refractivity contribution in [2.75, 3.05) is 50.6 Å². The molecule has 1 aliphatic heterocycles. The molecule has 0 bridgehead atoms. The molecule has 8 heteroatoms. The lowest BCUT2D eigenvalue weighted by atomic mass is 10.2. The number of carbonyl (C=O) groups excluding carboxylic acids is 1. The molecular weight excluding hydrogens is 418 g/mol. The summed E-state index contributed by atoms with van der Waals surface area (Å²) in [6.45, 7) is 4.24. The molecule has 2 N–H and O–H groups in total. The van der Waals surface area contributed by atoms with Gasteiger partial charge in [-0.25, -0.2) is 0 Å². The van der Waals surface area contributed by atoms with Gasteiger partial charge in [-0.1, -0.05) is 18.2 Å². The van der Waals surface area contributed by atoms with Gasteiger partial charge in [-0.05, 0) is 42.0 Å². The number of furan rings is 1. The Bertz CT molecular complexity index is 1070. The first kappa shape index (κ1) is 22.3. The number of nitrogens with one attached hydrogen (secondary N) is 2. The minimum Gasteiger partial charge on any atom is -0.497 e. The third kappa shape index (κ3) is 5.65. The molecule has 1 aromatic heterocycles. The number of rotatable bonds is 6. The summed E-state index contributed by atoms with van der Waals surface area (Å²) in [6.07, 6.45) is 1.48. The van der Waals surface area contributed by atoms with E-state index in [0.717, 1.165) is 49.1 Å². The van der Waals surface area contributed by atoms with Crippen LogP contribution in [0.3, 0.4) is 0 Å². The molecule has 0 atom stereocenters. The fourth-order valence-electron chi connectivity index (χ4n) is 3.80. The molecule has 0 radical (unpaired) electrons. The predicted octanol–water partition coefficient (Wildman–Crippen LogP) is 3.44. The summed E-state index contributed by atoms with van der Waals surface area (Å²) in [5.74, 6) is 1.78. The largest absolute Gasteiger partial charge is 0.497 e. The Labute approximate surface area is 193 Å². The maximum absolute atomic E-state index is 12.1. The van der Waals surface area contributed by atoms with E-state index in [1.54, 1.807) is 19.2 Å². The lowest BCUT2D eigenvalue weighted by Gasteiger charge is -2.37. The second-order valence-electron chi connectivity index (χ2n) is 7.70. The molecule has 0 spiro atoms. The number of carbonyl (C=O) groups is 1. The summed E-state index contributed by atoms with van der Waals surface area (Å²) in [5, 5.41) is 6.27. The number of hydrogen-bond donors (Lipinski definition) is 2. The minimum atomic E-state index is -0.264. The lowest BCUT2D eigenvalue weighted by Crippen LogP contribution is -2.52. The number of nitrogens with zero attached hydrogens (tertiary/aromatic N) is 3. The highest BCUT2D eigenvalue weighted by Crippen LogP contribution is 2.22. The summed E-state index contributed by atoms with van der Waals surface area (Å²) in [4.78, 5) is 21.2. The zero-order valence-electron chi connectivity index (χ0n) is 19.0. The highest BCUT2D eigenvalue weighted by Gasteiger charge is 2.20. The van der Waals surface area contributed by atoms with Crippen LogP contribution in [0.25, 0.3) is 0 Å². The Morgan fingerprint density at radius 1 is 1.06 bits per heavy atom. The van der Waals surface area contributed by atoms with Crippen LogP contribution in [0.15, 0.2) is 76.3 Å². The molecule has 1 fully saturated rings. The number of piperazine rings is 1. The third-order valence-electron chi connectivity index (χ3n) is 5.62.